The van der Waals surface area contributed by atoms with Crippen LogP contribution in [0.15, 0.2) is 53.4 Å². The predicted octanol–water partition coefficient (Wildman–Crippen LogP) is 6.13. The van der Waals surface area contributed by atoms with Gasteiger partial charge in [-0.2, -0.15) is 0 Å². The number of halogens is 1. The lowest BCUT2D eigenvalue weighted by Crippen LogP contribution is -2.32. The number of aromatic nitrogens is 1. The summed E-state index contributed by atoms with van der Waals surface area (Å²) in [4.78, 5) is 27.2. The number of benzene rings is 2. The van der Waals surface area contributed by atoms with Crippen LogP contribution in [-0.2, 0) is 4.79 Å². The third-order valence-electron chi connectivity index (χ3n) is 5.67. The molecule has 1 aliphatic heterocycles. The maximum Gasteiger partial charge on any atom is 0.293 e. The van der Waals surface area contributed by atoms with Crippen LogP contribution in [0.2, 0.25) is 0 Å². The molecule has 2 aromatic carbocycles. The van der Waals surface area contributed by atoms with Crippen LogP contribution in [0.25, 0.3) is 11.8 Å². The molecule has 0 atom stereocenters. The highest BCUT2D eigenvalue weighted by atomic mass is 127. The summed E-state index contributed by atoms with van der Waals surface area (Å²) >= 11 is 3.29. The second-order valence-corrected chi connectivity index (χ2v) is 10.1. The van der Waals surface area contributed by atoms with E-state index in [2.05, 4.69) is 52.3 Å². The number of aryl methyl sites for hydroxylation is 2. The van der Waals surface area contributed by atoms with E-state index in [-0.39, 0.29) is 24.3 Å². The number of hydrogen-bond acceptors (Lipinski definition) is 5. The number of carbonyl (C=O) groups excluding carboxylic acids is 2. The van der Waals surface area contributed by atoms with Crippen molar-refractivity contribution in [3.8, 4) is 17.2 Å². The second-order valence-electron chi connectivity index (χ2n) is 7.93. The fourth-order valence-corrected chi connectivity index (χ4v) is 5.11. The Hall–Kier alpha value is -2.72. The summed E-state index contributed by atoms with van der Waals surface area (Å²) in [6, 6.07) is 15.7. The first-order chi connectivity index (χ1) is 16.3. The molecule has 8 heteroatoms. The van der Waals surface area contributed by atoms with Crippen LogP contribution in [0.1, 0.15) is 22.5 Å². The minimum absolute atomic E-state index is 0.168. The lowest BCUT2D eigenvalue weighted by atomic mass is 10.2. The molecule has 0 unspecified atom stereocenters. The summed E-state index contributed by atoms with van der Waals surface area (Å²) in [5.74, 6) is 0.884. The van der Waals surface area contributed by atoms with Gasteiger partial charge >= 0.3 is 0 Å². The van der Waals surface area contributed by atoms with E-state index in [1.165, 1.54) is 14.0 Å². The average molecular weight is 588 g/mol. The van der Waals surface area contributed by atoms with Gasteiger partial charge in [0.2, 0.25) is 0 Å². The van der Waals surface area contributed by atoms with Gasteiger partial charge < -0.3 is 14.0 Å². The first-order valence-electron chi connectivity index (χ1n) is 10.8. The maximum absolute atomic E-state index is 13.0. The average Bonchev–Trinajstić information content (AvgIpc) is 3.25. The third kappa shape index (κ3) is 4.88. The number of hydrogen-bond donors (Lipinski definition) is 0. The van der Waals surface area contributed by atoms with Crippen molar-refractivity contribution in [2.45, 2.75) is 20.8 Å². The fourth-order valence-electron chi connectivity index (χ4n) is 3.92. The van der Waals surface area contributed by atoms with Gasteiger partial charge in [-0.25, -0.2) is 0 Å². The van der Waals surface area contributed by atoms with Crippen molar-refractivity contribution < 1.29 is 19.1 Å². The molecule has 1 saturated heterocycles. The maximum atomic E-state index is 13.0. The molecule has 2 heterocycles. The third-order valence-corrected chi connectivity index (χ3v) is 7.79. The van der Waals surface area contributed by atoms with E-state index >= 15 is 0 Å². The fraction of sp³-hybridized carbons (Fsp3) is 0.231. The smallest absolute Gasteiger partial charge is 0.293 e. The van der Waals surface area contributed by atoms with Crippen LogP contribution < -0.4 is 9.47 Å². The molecule has 0 spiro atoms. The van der Waals surface area contributed by atoms with Crippen molar-refractivity contribution in [1.29, 1.82) is 0 Å². The van der Waals surface area contributed by atoms with Gasteiger partial charge in [0.25, 0.3) is 11.1 Å². The molecule has 176 valence electrons. The monoisotopic (exact) mass is 588 g/mol. The molecular weight excluding hydrogens is 563 g/mol. The molecule has 0 aliphatic carbocycles. The predicted molar refractivity (Wildman–Crippen MR) is 144 cm³/mol. The van der Waals surface area contributed by atoms with Crippen LogP contribution in [0.3, 0.4) is 0 Å². The van der Waals surface area contributed by atoms with E-state index in [1.807, 2.05) is 38.1 Å². The topological polar surface area (TPSA) is 60.8 Å². The minimum atomic E-state index is -0.298. The summed E-state index contributed by atoms with van der Waals surface area (Å²) in [5.41, 5.74) is 5.29. The summed E-state index contributed by atoms with van der Waals surface area (Å²) in [7, 11) is 1.57. The van der Waals surface area contributed by atoms with E-state index < -0.39 is 0 Å². The Morgan fingerprint density at radius 3 is 2.47 bits per heavy atom. The SMILES string of the molecule is COc1ccccc1OCCN1C(=O)S/C(=C\c2cc(C)n(-c3ccc(I)c(C)c3)c2C)C1=O. The number of methoxy groups -OCH3 is 1. The van der Waals surface area contributed by atoms with Gasteiger partial charge in [-0.15, -0.1) is 0 Å². The van der Waals surface area contributed by atoms with Crippen molar-refractivity contribution in [2.24, 2.45) is 0 Å². The second kappa shape index (κ2) is 10.3. The minimum Gasteiger partial charge on any atom is -0.493 e. The molecule has 1 aromatic heterocycles. The van der Waals surface area contributed by atoms with Gasteiger partial charge in [0.05, 0.1) is 18.6 Å². The lowest BCUT2D eigenvalue weighted by molar-refractivity contribution is -0.123. The molecule has 0 bridgehead atoms. The Morgan fingerprint density at radius 2 is 1.76 bits per heavy atom. The van der Waals surface area contributed by atoms with Crippen molar-refractivity contribution >= 4 is 51.6 Å². The Bertz CT molecular complexity index is 1300. The van der Waals surface area contributed by atoms with Crippen LogP contribution in [0.4, 0.5) is 4.79 Å². The summed E-state index contributed by atoms with van der Waals surface area (Å²) in [5, 5.41) is -0.290. The van der Waals surface area contributed by atoms with Crippen LogP contribution >= 0.6 is 34.4 Å². The Morgan fingerprint density at radius 1 is 1.03 bits per heavy atom. The van der Waals surface area contributed by atoms with Crippen LogP contribution in [0, 0.1) is 24.3 Å². The molecule has 1 aliphatic rings. The zero-order valence-corrected chi connectivity index (χ0v) is 22.4. The van der Waals surface area contributed by atoms with Gasteiger partial charge in [0, 0.05) is 20.6 Å². The first kappa shape index (κ1) is 24.4. The van der Waals surface area contributed by atoms with Gasteiger partial charge in [0.1, 0.15) is 6.61 Å². The Balaban J connectivity index is 1.50. The molecule has 34 heavy (non-hydrogen) atoms. The number of para-hydroxylation sites is 2. The number of ether oxygens (including phenoxy) is 2. The van der Waals surface area contributed by atoms with Crippen molar-refractivity contribution in [3.05, 3.63) is 79.5 Å². The van der Waals surface area contributed by atoms with Crippen molar-refractivity contribution in [3.63, 3.8) is 0 Å². The quantitative estimate of drug-likeness (QED) is 0.246. The standard InChI is InChI=1S/C26H25IN2O4S/c1-16-13-20(9-10-21(16)27)29-17(2)14-19(18(29)3)15-24-25(30)28(26(31)34-24)11-12-33-23-8-6-5-7-22(23)32-4/h5-10,13-15H,11-12H2,1-4H3/b24-15-. The van der Waals surface area contributed by atoms with Crippen LogP contribution in [0.5, 0.6) is 11.5 Å². The van der Waals surface area contributed by atoms with E-state index in [1.54, 1.807) is 19.2 Å². The molecule has 6 nitrogen and oxygen atoms in total. The normalized spacial score (nSPS) is 14.9. The largest absolute Gasteiger partial charge is 0.493 e. The number of carbonyl (C=O) groups is 2. The molecule has 1 fully saturated rings. The van der Waals surface area contributed by atoms with Crippen LogP contribution in [-0.4, -0.2) is 40.9 Å². The van der Waals surface area contributed by atoms with Crippen molar-refractivity contribution in [2.75, 3.05) is 20.3 Å². The van der Waals surface area contributed by atoms with E-state index in [0.29, 0.717) is 16.4 Å². The summed E-state index contributed by atoms with van der Waals surface area (Å²) in [6.07, 6.45) is 1.81. The molecular formula is C26H25IN2O4S. The summed E-state index contributed by atoms with van der Waals surface area (Å²) < 4.78 is 14.4. The van der Waals surface area contributed by atoms with Gasteiger partial charge in [-0.1, -0.05) is 12.1 Å². The summed E-state index contributed by atoms with van der Waals surface area (Å²) in [6.45, 7) is 6.51. The number of nitrogens with zero attached hydrogens (tertiary/aromatic N) is 2. The molecule has 2 amide bonds. The lowest BCUT2D eigenvalue weighted by Gasteiger charge is -2.14. The highest BCUT2D eigenvalue weighted by Gasteiger charge is 2.35. The molecule has 0 N–H and O–H groups in total. The van der Waals surface area contributed by atoms with Crippen molar-refractivity contribution in [1.82, 2.24) is 9.47 Å². The molecule has 0 radical (unpaired) electrons. The highest BCUT2D eigenvalue weighted by molar-refractivity contribution is 14.1. The Kier molecular flexibility index (Phi) is 7.37. The highest BCUT2D eigenvalue weighted by Crippen LogP contribution is 2.34. The zero-order chi connectivity index (χ0) is 24.4. The Labute approximate surface area is 217 Å². The van der Waals surface area contributed by atoms with E-state index in [4.69, 9.17) is 9.47 Å². The van der Waals surface area contributed by atoms with Gasteiger partial charge in [-0.05, 0) is 109 Å². The molecule has 4 rings (SSSR count). The van der Waals surface area contributed by atoms with E-state index in [0.717, 1.165) is 34.4 Å². The number of amides is 2. The van der Waals surface area contributed by atoms with E-state index in [9.17, 15) is 9.59 Å². The molecule has 0 saturated carbocycles. The number of thioether (sulfide) groups is 1. The zero-order valence-electron chi connectivity index (χ0n) is 19.4. The first-order valence-corrected chi connectivity index (χ1v) is 12.7. The number of imide groups is 1. The molecule has 3 aromatic rings. The van der Waals surface area contributed by atoms with Gasteiger partial charge in [0.15, 0.2) is 11.5 Å². The van der Waals surface area contributed by atoms with Gasteiger partial charge in [-0.3, -0.25) is 14.5 Å². The number of rotatable bonds is 7.